The zero-order chi connectivity index (χ0) is 15.8. The average Bonchev–Trinajstić information content (AvgIpc) is 2.94. The van der Waals surface area contributed by atoms with Gasteiger partial charge in [-0.25, -0.2) is 4.98 Å². The van der Waals surface area contributed by atoms with E-state index in [1.807, 2.05) is 36.4 Å². The van der Waals surface area contributed by atoms with Crippen molar-refractivity contribution < 1.29 is 0 Å². The molecule has 0 amide bonds. The lowest BCUT2D eigenvalue weighted by Crippen LogP contribution is -2.15. The lowest BCUT2D eigenvalue weighted by molar-refractivity contribution is 0.819. The molecule has 4 aromatic rings. The largest absolute Gasteiger partial charge is 0.291 e. The molecule has 6 heteroatoms. The van der Waals surface area contributed by atoms with Gasteiger partial charge in [-0.15, -0.1) is 11.3 Å². The molecule has 0 bridgehead atoms. The predicted molar refractivity (Wildman–Crippen MR) is 95.8 cm³/mol. The van der Waals surface area contributed by atoms with Gasteiger partial charge in [0.15, 0.2) is 0 Å². The van der Waals surface area contributed by atoms with Crippen LogP contribution in [0.5, 0.6) is 0 Å². The fourth-order valence-electron chi connectivity index (χ4n) is 2.37. The molecule has 0 unspecified atom stereocenters. The van der Waals surface area contributed by atoms with E-state index in [1.54, 1.807) is 18.3 Å². The lowest BCUT2D eigenvalue weighted by Gasteiger charge is -1.98. The van der Waals surface area contributed by atoms with Crippen molar-refractivity contribution in [2.75, 3.05) is 0 Å². The summed E-state index contributed by atoms with van der Waals surface area (Å²) in [7, 11) is 0. The summed E-state index contributed by atoms with van der Waals surface area (Å²) in [5, 5.41) is 5.82. The minimum atomic E-state index is -0.172. The Kier molecular flexibility index (Phi) is 3.44. The van der Waals surface area contributed by atoms with Crippen LogP contribution in [0, 0.1) is 0 Å². The number of fused-ring (bicyclic) bond motifs is 3. The van der Waals surface area contributed by atoms with Crippen LogP contribution in [0.25, 0.3) is 20.3 Å². The molecule has 0 radical (unpaired) electrons. The van der Waals surface area contributed by atoms with E-state index in [2.05, 4.69) is 10.1 Å². The molecule has 2 aromatic heterocycles. The van der Waals surface area contributed by atoms with Crippen LogP contribution in [0.15, 0.2) is 64.8 Å². The molecule has 2 heterocycles. The van der Waals surface area contributed by atoms with Crippen LogP contribution in [-0.4, -0.2) is 15.9 Å². The summed E-state index contributed by atoms with van der Waals surface area (Å²) in [6.07, 6.45) is 3.04. The topological polar surface area (TPSA) is 47.2 Å². The molecule has 4 rings (SSSR count). The average molecular weight is 340 g/mol. The molecule has 0 atom stereocenters. The number of hydrogen-bond donors (Lipinski definition) is 0. The molecular weight excluding hydrogens is 330 g/mol. The smallest absolute Gasteiger partial charge is 0.266 e. The van der Waals surface area contributed by atoms with Crippen molar-refractivity contribution in [2.24, 2.45) is 5.10 Å². The Hall–Kier alpha value is -2.50. The summed E-state index contributed by atoms with van der Waals surface area (Å²) in [6, 6.07) is 15.1. The van der Waals surface area contributed by atoms with Gasteiger partial charge >= 0.3 is 0 Å². The van der Waals surface area contributed by atoms with Gasteiger partial charge in [-0.3, -0.25) is 4.79 Å². The maximum Gasteiger partial charge on any atom is 0.291 e. The fourth-order valence-corrected chi connectivity index (χ4v) is 3.65. The number of hydrogen-bond acceptors (Lipinski definition) is 4. The zero-order valence-electron chi connectivity index (χ0n) is 11.8. The van der Waals surface area contributed by atoms with Crippen LogP contribution < -0.4 is 5.56 Å². The normalized spacial score (nSPS) is 11.7. The number of nitrogens with zero attached hydrogens (tertiary/aromatic N) is 3. The first kappa shape index (κ1) is 14.1. The van der Waals surface area contributed by atoms with E-state index < -0.39 is 0 Å². The van der Waals surface area contributed by atoms with Gasteiger partial charge < -0.3 is 0 Å². The molecule has 0 saturated carbocycles. The van der Waals surface area contributed by atoms with Crippen LogP contribution in [0.2, 0.25) is 5.02 Å². The van der Waals surface area contributed by atoms with E-state index in [-0.39, 0.29) is 5.56 Å². The van der Waals surface area contributed by atoms with Crippen molar-refractivity contribution in [1.29, 1.82) is 0 Å². The minimum Gasteiger partial charge on any atom is -0.266 e. The Morgan fingerprint density at radius 2 is 2.04 bits per heavy atom. The summed E-state index contributed by atoms with van der Waals surface area (Å²) >= 11 is 7.38. The van der Waals surface area contributed by atoms with Gasteiger partial charge in [0.1, 0.15) is 11.0 Å². The van der Waals surface area contributed by atoms with E-state index in [0.29, 0.717) is 9.72 Å². The van der Waals surface area contributed by atoms with Gasteiger partial charge in [0, 0.05) is 15.1 Å². The van der Waals surface area contributed by atoms with Gasteiger partial charge in [-0.05, 0) is 23.8 Å². The van der Waals surface area contributed by atoms with Crippen LogP contribution in [0.1, 0.15) is 5.56 Å². The number of thiophene rings is 1. The summed E-state index contributed by atoms with van der Waals surface area (Å²) < 4.78 is 2.90. The molecule has 0 spiro atoms. The third-order valence-electron chi connectivity index (χ3n) is 3.45. The van der Waals surface area contributed by atoms with Crippen LogP contribution >= 0.6 is 22.9 Å². The minimum absolute atomic E-state index is 0.172. The third kappa shape index (κ3) is 2.54. The highest BCUT2D eigenvalue weighted by atomic mass is 35.5. The van der Waals surface area contributed by atoms with Crippen molar-refractivity contribution in [3.05, 3.63) is 75.8 Å². The first-order chi connectivity index (χ1) is 11.2. The Labute approximate surface area is 140 Å². The van der Waals surface area contributed by atoms with Gasteiger partial charge in [-0.2, -0.15) is 9.78 Å². The Bertz CT molecular complexity index is 1110. The quantitative estimate of drug-likeness (QED) is 0.515. The SMILES string of the molecule is O=c1c2sc3ccccc3c2ncn1/N=C/c1cccc(Cl)c1. The highest BCUT2D eigenvalue weighted by Gasteiger charge is 2.10. The monoisotopic (exact) mass is 339 g/mol. The van der Waals surface area contributed by atoms with Gasteiger partial charge in [0.05, 0.1) is 11.7 Å². The van der Waals surface area contributed by atoms with Crippen molar-refractivity contribution in [2.45, 2.75) is 0 Å². The molecule has 0 saturated heterocycles. The Morgan fingerprint density at radius 3 is 2.91 bits per heavy atom. The molecule has 2 aromatic carbocycles. The molecule has 0 aliphatic rings. The number of halogens is 1. The lowest BCUT2D eigenvalue weighted by atomic mass is 10.2. The summed E-state index contributed by atoms with van der Waals surface area (Å²) in [5.74, 6) is 0. The molecular formula is C17H10ClN3OS. The molecule has 4 nitrogen and oxygen atoms in total. The number of benzene rings is 2. The highest BCUT2D eigenvalue weighted by molar-refractivity contribution is 7.25. The van der Waals surface area contributed by atoms with E-state index in [0.717, 1.165) is 21.2 Å². The summed E-state index contributed by atoms with van der Waals surface area (Å²) in [6.45, 7) is 0. The molecule has 23 heavy (non-hydrogen) atoms. The number of rotatable bonds is 2. The molecule has 112 valence electrons. The molecule has 0 aliphatic carbocycles. The second kappa shape index (κ2) is 5.61. The maximum absolute atomic E-state index is 12.6. The van der Waals surface area contributed by atoms with Gasteiger partial charge in [0.25, 0.3) is 5.56 Å². The molecule has 0 N–H and O–H groups in total. The molecule has 0 aliphatic heterocycles. The van der Waals surface area contributed by atoms with Crippen LogP contribution in [0.3, 0.4) is 0 Å². The second-order valence-corrected chi connectivity index (χ2v) is 6.46. The van der Waals surface area contributed by atoms with E-state index in [4.69, 9.17) is 11.6 Å². The first-order valence-electron chi connectivity index (χ1n) is 6.91. The Morgan fingerprint density at radius 1 is 1.17 bits per heavy atom. The van der Waals surface area contributed by atoms with Crippen molar-refractivity contribution >= 4 is 49.5 Å². The second-order valence-electron chi connectivity index (χ2n) is 4.97. The highest BCUT2D eigenvalue weighted by Crippen LogP contribution is 2.29. The standard InChI is InChI=1S/C17H10ClN3OS/c18-12-5-3-4-11(8-12)9-20-21-10-19-15-13-6-1-2-7-14(13)23-16(15)17(21)22/h1-10H/b20-9+. The zero-order valence-corrected chi connectivity index (χ0v) is 13.4. The maximum atomic E-state index is 12.6. The van der Waals surface area contributed by atoms with E-state index in [9.17, 15) is 4.79 Å². The van der Waals surface area contributed by atoms with Crippen LogP contribution in [0.4, 0.5) is 0 Å². The van der Waals surface area contributed by atoms with Crippen LogP contribution in [-0.2, 0) is 0 Å². The van der Waals surface area contributed by atoms with Crippen molar-refractivity contribution in [3.63, 3.8) is 0 Å². The van der Waals surface area contributed by atoms with E-state index >= 15 is 0 Å². The predicted octanol–water partition coefficient (Wildman–Crippen LogP) is 4.15. The van der Waals surface area contributed by atoms with Crippen molar-refractivity contribution in [3.8, 4) is 0 Å². The fraction of sp³-hybridized carbons (Fsp3) is 0. The van der Waals surface area contributed by atoms with Crippen molar-refractivity contribution in [1.82, 2.24) is 9.66 Å². The number of aromatic nitrogens is 2. The van der Waals surface area contributed by atoms with Gasteiger partial charge in [0.2, 0.25) is 0 Å². The van der Waals surface area contributed by atoms with E-state index in [1.165, 1.54) is 22.3 Å². The first-order valence-corrected chi connectivity index (χ1v) is 8.11. The third-order valence-corrected chi connectivity index (χ3v) is 4.83. The van der Waals surface area contributed by atoms with Gasteiger partial charge in [-0.1, -0.05) is 41.9 Å². The Balaban J connectivity index is 1.83. The summed E-state index contributed by atoms with van der Waals surface area (Å²) in [4.78, 5) is 17.0. The summed E-state index contributed by atoms with van der Waals surface area (Å²) in [5.41, 5.74) is 1.38. The molecule has 0 fully saturated rings.